The van der Waals surface area contributed by atoms with E-state index in [4.69, 9.17) is 9.84 Å². The average Bonchev–Trinajstić information content (AvgIpc) is 2.08. The zero-order valence-electron chi connectivity index (χ0n) is 7.84. The van der Waals surface area contributed by atoms with E-state index in [1.807, 2.05) is 18.2 Å². The van der Waals surface area contributed by atoms with Crippen molar-refractivity contribution in [1.82, 2.24) is 0 Å². The third kappa shape index (κ3) is 3.98. The van der Waals surface area contributed by atoms with Crippen LogP contribution < -0.4 is 4.74 Å². The quantitative estimate of drug-likeness (QED) is 0.920. The second-order valence-electron chi connectivity index (χ2n) is 3.06. The minimum absolute atomic E-state index is 0.316. The lowest BCUT2D eigenvalue weighted by Crippen LogP contribution is -2.07. The molecule has 1 atom stereocenters. The van der Waals surface area contributed by atoms with Gasteiger partial charge in [0.15, 0.2) is 0 Å². The van der Waals surface area contributed by atoms with Gasteiger partial charge in [0.25, 0.3) is 0 Å². The zero-order chi connectivity index (χ0) is 10.6. The van der Waals surface area contributed by atoms with Crippen LogP contribution in [-0.4, -0.2) is 17.8 Å². The fourth-order valence-corrected chi connectivity index (χ4v) is 2.09. The molecule has 1 N–H and O–H groups in total. The minimum Gasteiger partial charge on any atom is -0.492 e. The molecule has 0 aliphatic rings. The lowest BCUT2D eigenvalue weighted by Gasteiger charge is -2.09. The van der Waals surface area contributed by atoms with Gasteiger partial charge in [0.05, 0.1) is 17.2 Å². The predicted molar refractivity (Wildman–Crippen MR) is 63.6 cm³/mol. The molecule has 1 rings (SSSR count). The average molecular weight is 324 g/mol. The third-order valence-corrected chi connectivity index (χ3v) is 2.80. The van der Waals surface area contributed by atoms with E-state index in [0.717, 1.165) is 14.7 Å². The molecule has 1 aromatic carbocycles. The number of aliphatic hydroxyl groups is 1. The van der Waals surface area contributed by atoms with Crippen molar-refractivity contribution >= 4 is 31.9 Å². The van der Waals surface area contributed by atoms with Gasteiger partial charge in [-0.1, -0.05) is 15.9 Å². The van der Waals surface area contributed by atoms with E-state index in [1.165, 1.54) is 0 Å². The molecule has 0 aliphatic carbocycles. The fourth-order valence-electron chi connectivity index (χ4n) is 0.932. The van der Waals surface area contributed by atoms with Crippen LogP contribution in [-0.2, 0) is 0 Å². The molecule has 0 heterocycles. The van der Waals surface area contributed by atoms with E-state index < -0.39 is 0 Å². The maximum absolute atomic E-state index is 9.04. The lowest BCUT2D eigenvalue weighted by molar-refractivity contribution is 0.155. The number of rotatable bonds is 4. The molecule has 0 saturated carbocycles. The van der Waals surface area contributed by atoms with Crippen molar-refractivity contribution in [3.63, 3.8) is 0 Å². The second-order valence-corrected chi connectivity index (χ2v) is 4.83. The van der Waals surface area contributed by atoms with E-state index in [2.05, 4.69) is 31.9 Å². The maximum Gasteiger partial charge on any atom is 0.133 e. The summed E-state index contributed by atoms with van der Waals surface area (Å²) in [4.78, 5) is 0. The van der Waals surface area contributed by atoms with Gasteiger partial charge in [0, 0.05) is 10.9 Å². The molecule has 0 bridgehead atoms. The summed E-state index contributed by atoms with van der Waals surface area (Å²) >= 11 is 6.76. The molecule has 1 aromatic rings. The Morgan fingerprint density at radius 2 is 2.14 bits per heavy atom. The molecule has 0 aromatic heterocycles. The van der Waals surface area contributed by atoms with Crippen molar-refractivity contribution < 1.29 is 9.84 Å². The monoisotopic (exact) mass is 322 g/mol. The van der Waals surface area contributed by atoms with Gasteiger partial charge in [-0.15, -0.1) is 0 Å². The molecular formula is C10H12Br2O2. The maximum atomic E-state index is 9.04. The molecule has 0 amide bonds. The Bertz CT molecular complexity index is 300. The normalized spacial score (nSPS) is 12.6. The number of halogens is 2. The Labute approximate surface area is 101 Å². The molecular weight excluding hydrogens is 312 g/mol. The molecule has 4 heteroatoms. The van der Waals surface area contributed by atoms with Gasteiger partial charge in [-0.2, -0.15) is 0 Å². The van der Waals surface area contributed by atoms with Crippen LogP contribution in [0.1, 0.15) is 13.3 Å². The number of hydrogen-bond acceptors (Lipinski definition) is 2. The highest BCUT2D eigenvalue weighted by Crippen LogP contribution is 2.28. The van der Waals surface area contributed by atoms with Gasteiger partial charge in [-0.05, 0) is 41.1 Å². The van der Waals surface area contributed by atoms with Gasteiger partial charge in [-0.25, -0.2) is 0 Å². The number of hydrogen-bond donors (Lipinski definition) is 1. The Kier molecular flexibility index (Phi) is 4.92. The summed E-state index contributed by atoms with van der Waals surface area (Å²) in [5.41, 5.74) is 0. The zero-order valence-corrected chi connectivity index (χ0v) is 11.0. The number of aliphatic hydroxyl groups excluding tert-OH is 1. The Morgan fingerprint density at radius 1 is 1.43 bits per heavy atom. The first-order valence-electron chi connectivity index (χ1n) is 4.35. The van der Waals surface area contributed by atoms with Crippen LogP contribution in [0, 0.1) is 0 Å². The van der Waals surface area contributed by atoms with Gasteiger partial charge < -0.3 is 9.84 Å². The van der Waals surface area contributed by atoms with Crippen LogP contribution in [0.3, 0.4) is 0 Å². The molecule has 78 valence electrons. The minimum atomic E-state index is -0.316. The summed E-state index contributed by atoms with van der Waals surface area (Å²) in [5, 5.41) is 9.04. The first kappa shape index (κ1) is 12.0. The summed E-state index contributed by atoms with van der Waals surface area (Å²) in [6.45, 7) is 2.28. The third-order valence-electron chi connectivity index (χ3n) is 1.69. The fraction of sp³-hybridized carbons (Fsp3) is 0.400. The van der Waals surface area contributed by atoms with Crippen molar-refractivity contribution in [1.29, 1.82) is 0 Å². The summed E-state index contributed by atoms with van der Waals surface area (Å²) in [6, 6.07) is 5.73. The van der Waals surface area contributed by atoms with Gasteiger partial charge in [0.2, 0.25) is 0 Å². The number of ether oxygens (including phenoxy) is 1. The van der Waals surface area contributed by atoms with E-state index in [0.29, 0.717) is 13.0 Å². The molecule has 2 nitrogen and oxygen atoms in total. The van der Waals surface area contributed by atoms with Crippen molar-refractivity contribution in [2.75, 3.05) is 6.61 Å². The van der Waals surface area contributed by atoms with Crippen molar-refractivity contribution in [3.8, 4) is 5.75 Å². The largest absolute Gasteiger partial charge is 0.492 e. The highest BCUT2D eigenvalue weighted by atomic mass is 79.9. The molecule has 0 spiro atoms. The van der Waals surface area contributed by atoms with Crippen LogP contribution in [0.15, 0.2) is 27.1 Å². The number of benzene rings is 1. The highest BCUT2D eigenvalue weighted by Gasteiger charge is 2.02. The standard InChI is InChI=1S/C10H12Br2O2/c1-7(13)4-5-14-10-3-2-8(11)6-9(10)12/h2-3,6-7,13H,4-5H2,1H3. The molecule has 0 fully saturated rings. The van der Waals surface area contributed by atoms with Crippen molar-refractivity contribution in [2.24, 2.45) is 0 Å². The first-order chi connectivity index (χ1) is 6.59. The van der Waals surface area contributed by atoms with Crippen LogP contribution in [0.5, 0.6) is 5.75 Å². The highest BCUT2D eigenvalue weighted by molar-refractivity contribution is 9.11. The van der Waals surface area contributed by atoms with Crippen LogP contribution >= 0.6 is 31.9 Å². The lowest BCUT2D eigenvalue weighted by atomic mass is 10.3. The van der Waals surface area contributed by atoms with Gasteiger partial charge in [0.1, 0.15) is 5.75 Å². The van der Waals surface area contributed by atoms with Crippen molar-refractivity contribution in [3.05, 3.63) is 27.1 Å². The topological polar surface area (TPSA) is 29.5 Å². The van der Waals surface area contributed by atoms with Crippen LogP contribution in [0.4, 0.5) is 0 Å². The van der Waals surface area contributed by atoms with Crippen LogP contribution in [0.2, 0.25) is 0 Å². The molecule has 14 heavy (non-hydrogen) atoms. The summed E-state index contributed by atoms with van der Waals surface area (Å²) in [5.74, 6) is 0.800. The molecule has 0 saturated heterocycles. The summed E-state index contributed by atoms with van der Waals surface area (Å²) < 4.78 is 7.40. The smallest absolute Gasteiger partial charge is 0.133 e. The van der Waals surface area contributed by atoms with E-state index in [-0.39, 0.29) is 6.10 Å². The van der Waals surface area contributed by atoms with E-state index in [9.17, 15) is 0 Å². The van der Waals surface area contributed by atoms with E-state index >= 15 is 0 Å². The summed E-state index contributed by atoms with van der Waals surface area (Å²) in [7, 11) is 0. The van der Waals surface area contributed by atoms with Crippen molar-refractivity contribution in [2.45, 2.75) is 19.4 Å². The Morgan fingerprint density at radius 3 is 2.71 bits per heavy atom. The Balaban J connectivity index is 2.51. The first-order valence-corrected chi connectivity index (χ1v) is 5.94. The summed E-state index contributed by atoms with van der Waals surface area (Å²) in [6.07, 6.45) is 0.326. The Hall–Kier alpha value is -0.0600. The molecule has 0 radical (unpaired) electrons. The SMILES string of the molecule is CC(O)CCOc1ccc(Br)cc1Br. The second kappa shape index (κ2) is 5.73. The molecule has 0 aliphatic heterocycles. The van der Waals surface area contributed by atoms with Crippen LogP contribution in [0.25, 0.3) is 0 Å². The predicted octanol–water partition coefficient (Wildman–Crippen LogP) is 3.36. The van der Waals surface area contributed by atoms with E-state index in [1.54, 1.807) is 6.92 Å². The van der Waals surface area contributed by atoms with Gasteiger partial charge in [-0.3, -0.25) is 0 Å². The molecule has 1 unspecified atom stereocenters. The van der Waals surface area contributed by atoms with Gasteiger partial charge >= 0.3 is 0 Å².